The van der Waals surface area contributed by atoms with E-state index in [1.807, 2.05) is 6.07 Å². The van der Waals surface area contributed by atoms with Crippen molar-refractivity contribution in [3.63, 3.8) is 0 Å². The first-order chi connectivity index (χ1) is 25.6. The van der Waals surface area contributed by atoms with E-state index in [2.05, 4.69) is 178 Å². The monoisotopic (exact) mass is 662 g/mol. The first-order valence-electron chi connectivity index (χ1n) is 18.2. The van der Waals surface area contributed by atoms with Crippen LogP contribution in [-0.4, -0.2) is 0 Å². The molecule has 1 heterocycles. The molecule has 0 spiro atoms. The minimum atomic E-state index is -0.139. The second-order valence-electron chi connectivity index (χ2n) is 14.8. The summed E-state index contributed by atoms with van der Waals surface area (Å²) in [5, 5.41) is 9.79. The van der Waals surface area contributed by atoms with Crippen LogP contribution in [0.2, 0.25) is 0 Å². The maximum Gasteiger partial charge on any atom is 0.143 e. The van der Waals surface area contributed by atoms with Crippen molar-refractivity contribution in [2.75, 3.05) is 0 Å². The predicted octanol–water partition coefficient (Wildman–Crippen LogP) is 14.4. The molecule has 0 radical (unpaired) electrons. The lowest BCUT2D eigenvalue weighted by molar-refractivity contribution is 0.663. The van der Waals surface area contributed by atoms with E-state index in [0.29, 0.717) is 0 Å². The standard InChI is InChI=1S/C51H34O/c1-51(2)45-30-32-15-4-3-14-31(32)29-44(45)41-24-12-23-35(49(41)51)33-16-11-17-34(28-33)47-37-19-5-7-21-39(37)48(40-22-8-6-20-38(40)47)43-26-13-25-42-36-18-9-10-27-46(36)52-50(42)43/h3-30H,1-2H3. The number of para-hydroxylation sites is 2. The quantitative estimate of drug-likeness (QED) is 0.172. The van der Waals surface area contributed by atoms with Gasteiger partial charge in [0.25, 0.3) is 0 Å². The largest absolute Gasteiger partial charge is 0.455 e. The Labute approximate surface area is 302 Å². The molecule has 1 aliphatic rings. The third-order valence-electron chi connectivity index (χ3n) is 11.6. The summed E-state index contributed by atoms with van der Waals surface area (Å²) in [6, 6.07) is 62.3. The predicted molar refractivity (Wildman–Crippen MR) is 220 cm³/mol. The van der Waals surface area contributed by atoms with E-state index >= 15 is 0 Å². The zero-order chi connectivity index (χ0) is 34.6. The lowest BCUT2D eigenvalue weighted by Crippen LogP contribution is -2.16. The molecular weight excluding hydrogens is 629 g/mol. The molecular formula is C51H34O. The zero-order valence-corrected chi connectivity index (χ0v) is 29.1. The molecule has 0 atom stereocenters. The van der Waals surface area contributed by atoms with Crippen LogP contribution in [0.5, 0.6) is 0 Å². The first-order valence-corrected chi connectivity index (χ1v) is 18.2. The van der Waals surface area contributed by atoms with Crippen LogP contribution in [0, 0.1) is 0 Å². The zero-order valence-electron chi connectivity index (χ0n) is 29.1. The number of fused-ring (bicyclic) bond motifs is 9. The molecule has 9 aromatic carbocycles. The van der Waals surface area contributed by atoms with Crippen molar-refractivity contribution < 1.29 is 4.42 Å². The molecule has 52 heavy (non-hydrogen) atoms. The van der Waals surface area contributed by atoms with Crippen molar-refractivity contribution >= 4 is 54.3 Å². The molecule has 0 N–H and O–H groups in total. The number of hydrogen-bond acceptors (Lipinski definition) is 1. The van der Waals surface area contributed by atoms with Gasteiger partial charge in [0.1, 0.15) is 11.2 Å². The average Bonchev–Trinajstić information content (AvgIpc) is 3.68. The minimum absolute atomic E-state index is 0.139. The summed E-state index contributed by atoms with van der Waals surface area (Å²) in [6.45, 7) is 4.78. The molecule has 0 fully saturated rings. The number of hydrogen-bond donors (Lipinski definition) is 0. The fraction of sp³-hybridized carbons (Fsp3) is 0.0588. The van der Waals surface area contributed by atoms with Crippen LogP contribution >= 0.6 is 0 Å². The highest BCUT2D eigenvalue weighted by molar-refractivity contribution is 6.24. The van der Waals surface area contributed by atoms with Gasteiger partial charge in [0.15, 0.2) is 0 Å². The summed E-state index contributed by atoms with van der Waals surface area (Å²) < 4.78 is 6.61. The van der Waals surface area contributed by atoms with Crippen molar-refractivity contribution in [2.24, 2.45) is 0 Å². The highest BCUT2D eigenvalue weighted by Gasteiger charge is 2.38. The number of furan rings is 1. The molecule has 244 valence electrons. The summed E-state index contributed by atoms with van der Waals surface area (Å²) in [6.07, 6.45) is 0. The fourth-order valence-corrected chi connectivity index (χ4v) is 9.32. The second kappa shape index (κ2) is 10.8. The summed E-state index contributed by atoms with van der Waals surface area (Å²) in [5.41, 5.74) is 14.6. The van der Waals surface area contributed by atoms with Gasteiger partial charge in [-0.2, -0.15) is 0 Å². The molecule has 10 aromatic rings. The van der Waals surface area contributed by atoms with E-state index < -0.39 is 0 Å². The van der Waals surface area contributed by atoms with Crippen LogP contribution in [0.25, 0.3) is 98.8 Å². The van der Waals surface area contributed by atoms with Crippen LogP contribution in [0.3, 0.4) is 0 Å². The van der Waals surface area contributed by atoms with Crippen molar-refractivity contribution in [1.82, 2.24) is 0 Å². The van der Waals surface area contributed by atoms with Gasteiger partial charge in [-0.15, -0.1) is 0 Å². The first kappa shape index (κ1) is 29.3. The Bertz CT molecular complexity index is 3040. The Kier molecular flexibility index (Phi) is 6.08. The maximum atomic E-state index is 6.61. The summed E-state index contributed by atoms with van der Waals surface area (Å²) in [5.74, 6) is 0. The third-order valence-corrected chi connectivity index (χ3v) is 11.6. The molecule has 0 bridgehead atoms. The van der Waals surface area contributed by atoms with Gasteiger partial charge < -0.3 is 4.42 Å². The average molecular weight is 663 g/mol. The van der Waals surface area contributed by atoms with Gasteiger partial charge in [-0.05, 0) is 101 Å². The maximum absolute atomic E-state index is 6.61. The Morgan fingerprint density at radius 2 is 0.923 bits per heavy atom. The van der Waals surface area contributed by atoms with E-state index in [1.165, 1.54) is 82.4 Å². The molecule has 0 unspecified atom stereocenters. The molecule has 1 heteroatoms. The normalized spacial score (nSPS) is 13.3. The minimum Gasteiger partial charge on any atom is -0.455 e. The Hall–Kier alpha value is -6.44. The Balaban J connectivity index is 1.14. The van der Waals surface area contributed by atoms with Crippen LogP contribution in [-0.2, 0) is 5.41 Å². The van der Waals surface area contributed by atoms with Crippen LogP contribution in [0.1, 0.15) is 25.0 Å². The van der Waals surface area contributed by atoms with Gasteiger partial charge in [0.05, 0.1) is 0 Å². The third kappa shape index (κ3) is 4.05. The summed E-state index contributed by atoms with van der Waals surface area (Å²) in [4.78, 5) is 0. The Morgan fingerprint density at radius 3 is 1.67 bits per heavy atom. The van der Waals surface area contributed by atoms with Gasteiger partial charge in [-0.25, -0.2) is 0 Å². The molecule has 1 aliphatic carbocycles. The van der Waals surface area contributed by atoms with Crippen LogP contribution in [0.15, 0.2) is 174 Å². The van der Waals surface area contributed by atoms with Gasteiger partial charge in [-0.3, -0.25) is 0 Å². The van der Waals surface area contributed by atoms with Gasteiger partial charge in [0, 0.05) is 27.3 Å². The topological polar surface area (TPSA) is 13.1 Å². The van der Waals surface area contributed by atoms with Gasteiger partial charge in [0.2, 0.25) is 0 Å². The lowest BCUT2D eigenvalue weighted by atomic mass is 9.78. The highest BCUT2D eigenvalue weighted by Crippen LogP contribution is 2.54. The molecule has 0 amide bonds. The van der Waals surface area contributed by atoms with Crippen molar-refractivity contribution in [3.05, 3.63) is 181 Å². The smallest absolute Gasteiger partial charge is 0.143 e. The van der Waals surface area contributed by atoms with Crippen LogP contribution < -0.4 is 0 Å². The van der Waals surface area contributed by atoms with E-state index in [4.69, 9.17) is 4.42 Å². The van der Waals surface area contributed by atoms with Crippen molar-refractivity contribution in [1.29, 1.82) is 0 Å². The van der Waals surface area contributed by atoms with E-state index in [9.17, 15) is 0 Å². The van der Waals surface area contributed by atoms with E-state index in [1.54, 1.807) is 0 Å². The van der Waals surface area contributed by atoms with E-state index in [0.717, 1.165) is 27.5 Å². The number of rotatable bonds is 3. The molecule has 1 nitrogen and oxygen atoms in total. The Morgan fingerprint density at radius 1 is 0.385 bits per heavy atom. The molecule has 0 saturated heterocycles. The molecule has 0 aliphatic heterocycles. The second-order valence-corrected chi connectivity index (χ2v) is 14.8. The van der Waals surface area contributed by atoms with Gasteiger partial charge >= 0.3 is 0 Å². The number of benzene rings is 9. The molecule has 1 aromatic heterocycles. The van der Waals surface area contributed by atoms with Gasteiger partial charge in [-0.1, -0.05) is 159 Å². The molecule has 11 rings (SSSR count). The summed E-state index contributed by atoms with van der Waals surface area (Å²) in [7, 11) is 0. The van der Waals surface area contributed by atoms with E-state index in [-0.39, 0.29) is 5.41 Å². The SMILES string of the molecule is CC1(C)c2cc3ccccc3cc2-c2cccc(-c3cccc(-c4c5ccccc5c(-c5cccc6c5oc5ccccc56)c5ccccc45)c3)c21. The lowest BCUT2D eigenvalue weighted by Gasteiger charge is -2.25. The van der Waals surface area contributed by atoms with Crippen LogP contribution in [0.4, 0.5) is 0 Å². The van der Waals surface area contributed by atoms with Crippen molar-refractivity contribution in [2.45, 2.75) is 19.3 Å². The summed E-state index contributed by atoms with van der Waals surface area (Å²) >= 11 is 0. The fourth-order valence-electron chi connectivity index (χ4n) is 9.32. The molecule has 0 saturated carbocycles. The highest BCUT2D eigenvalue weighted by atomic mass is 16.3. The van der Waals surface area contributed by atoms with Crippen molar-refractivity contribution in [3.8, 4) is 44.5 Å².